The lowest BCUT2D eigenvalue weighted by Gasteiger charge is -2.27. The monoisotopic (exact) mass is 492 g/mol. The zero-order valence-electron chi connectivity index (χ0n) is 17.1. The number of halogens is 1. The number of amides is 1. The van der Waals surface area contributed by atoms with E-state index in [9.17, 15) is 13.2 Å². The lowest BCUT2D eigenvalue weighted by atomic mass is 10.1. The Hall–Kier alpha value is -1.90. The van der Waals surface area contributed by atoms with Gasteiger partial charge < -0.3 is 9.64 Å². The normalized spacial score (nSPS) is 19.6. The van der Waals surface area contributed by atoms with Gasteiger partial charge in [0.15, 0.2) is 0 Å². The lowest BCUT2D eigenvalue weighted by Crippen LogP contribution is -2.37. The maximum absolute atomic E-state index is 13.4. The third-order valence-electron chi connectivity index (χ3n) is 5.82. The van der Waals surface area contributed by atoms with E-state index in [1.54, 1.807) is 17.0 Å². The largest absolute Gasteiger partial charge is 0.495 e. The predicted molar refractivity (Wildman–Crippen MR) is 120 cm³/mol. The molecule has 4 rings (SSSR count). The molecule has 2 aliphatic rings. The Morgan fingerprint density at radius 3 is 2.53 bits per heavy atom. The summed E-state index contributed by atoms with van der Waals surface area (Å²) in [6.45, 7) is 2.99. The highest BCUT2D eigenvalue weighted by molar-refractivity contribution is 9.10. The number of carbonyl (C=O) groups excluding carboxylic acids is 1. The second-order valence-electron chi connectivity index (χ2n) is 7.83. The molecule has 0 spiro atoms. The number of hydrogen-bond acceptors (Lipinski definition) is 4. The van der Waals surface area contributed by atoms with Crippen LogP contribution in [0.3, 0.4) is 0 Å². The van der Waals surface area contributed by atoms with Gasteiger partial charge in [-0.1, -0.05) is 22.4 Å². The summed E-state index contributed by atoms with van der Waals surface area (Å²) < 4.78 is 34.4. The molecule has 160 valence electrons. The van der Waals surface area contributed by atoms with Crippen LogP contribution in [0, 0.1) is 0 Å². The lowest BCUT2D eigenvalue weighted by molar-refractivity contribution is 0.0981. The van der Waals surface area contributed by atoms with Crippen LogP contribution in [0.5, 0.6) is 5.75 Å². The summed E-state index contributed by atoms with van der Waals surface area (Å²) in [5.74, 6) is 0.0530. The summed E-state index contributed by atoms with van der Waals surface area (Å²) in [6, 6.07) is 10.5. The summed E-state index contributed by atoms with van der Waals surface area (Å²) in [4.78, 5) is 15.2. The number of methoxy groups -OCH3 is 1. The third-order valence-corrected chi connectivity index (χ3v) is 8.23. The van der Waals surface area contributed by atoms with Crippen molar-refractivity contribution in [3.05, 3.63) is 52.0 Å². The Morgan fingerprint density at radius 2 is 1.83 bits per heavy atom. The summed E-state index contributed by atoms with van der Waals surface area (Å²) >= 11 is 3.48. The second-order valence-corrected chi connectivity index (χ2v) is 10.7. The van der Waals surface area contributed by atoms with Gasteiger partial charge in [-0.15, -0.1) is 0 Å². The van der Waals surface area contributed by atoms with Crippen LogP contribution in [-0.4, -0.2) is 44.9 Å². The first-order valence-electron chi connectivity index (χ1n) is 10.1. The van der Waals surface area contributed by atoms with Crippen molar-refractivity contribution in [1.29, 1.82) is 0 Å². The summed E-state index contributed by atoms with van der Waals surface area (Å²) in [7, 11) is -2.29. The molecule has 6 nitrogen and oxygen atoms in total. The van der Waals surface area contributed by atoms with Gasteiger partial charge in [-0.25, -0.2) is 8.42 Å². The minimum Gasteiger partial charge on any atom is -0.495 e. The van der Waals surface area contributed by atoms with Crippen LogP contribution in [0.25, 0.3) is 0 Å². The summed E-state index contributed by atoms with van der Waals surface area (Å²) in [5, 5.41) is 0. The molecule has 1 saturated heterocycles. The topological polar surface area (TPSA) is 66.9 Å². The third kappa shape index (κ3) is 3.76. The number of benzene rings is 2. The van der Waals surface area contributed by atoms with Crippen LogP contribution in [-0.2, 0) is 16.4 Å². The van der Waals surface area contributed by atoms with Crippen molar-refractivity contribution in [3.8, 4) is 5.75 Å². The number of rotatable bonds is 4. The molecule has 30 heavy (non-hydrogen) atoms. The number of hydrogen-bond donors (Lipinski definition) is 0. The van der Waals surface area contributed by atoms with Crippen LogP contribution >= 0.6 is 15.9 Å². The molecule has 0 radical (unpaired) electrons. The van der Waals surface area contributed by atoms with E-state index in [2.05, 4.69) is 15.9 Å². The van der Waals surface area contributed by atoms with Crippen molar-refractivity contribution in [2.45, 2.75) is 43.5 Å². The number of anilines is 1. The Labute approximate surface area is 186 Å². The molecule has 0 aromatic heterocycles. The molecule has 2 aromatic rings. The quantitative estimate of drug-likeness (QED) is 0.640. The van der Waals surface area contributed by atoms with Crippen LogP contribution < -0.4 is 9.64 Å². The fourth-order valence-corrected chi connectivity index (χ4v) is 6.41. The van der Waals surface area contributed by atoms with Crippen LogP contribution in [0.15, 0.2) is 45.8 Å². The van der Waals surface area contributed by atoms with Gasteiger partial charge >= 0.3 is 0 Å². The van der Waals surface area contributed by atoms with Gasteiger partial charge in [-0.2, -0.15) is 4.31 Å². The second kappa shape index (κ2) is 8.32. The molecule has 1 atom stereocenters. The number of sulfonamides is 1. The smallest absolute Gasteiger partial charge is 0.258 e. The maximum Gasteiger partial charge on any atom is 0.258 e. The molecule has 0 saturated carbocycles. The highest BCUT2D eigenvalue weighted by Crippen LogP contribution is 2.36. The zero-order valence-corrected chi connectivity index (χ0v) is 19.5. The van der Waals surface area contributed by atoms with Crippen LogP contribution in [0.1, 0.15) is 42.1 Å². The van der Waals surface area contributed by atoms with Crippen molar-refractivity contribution in [2.24, 2.45) is 0 Å². The number of carbonyl (C=O) groups is 1. The van der Waals surface area contributed by atoms with Crippen molar-refractivity contribution < 1.29 is 17.9 Å². The van der Waals surface area contributed by atoms with Crippen molar-refractivity contribution >= 4 is 37.5 Å². The van der Waals surface area contributed by atoms with Gasteiger partial charge in [-0.3, -0.25) is 4.79 Å². The molecule has 1 fully saturated rings. The molecule has 8 heteroatoms. The van der Waals surface area contributed by atoms with Gasteiger partial charge in [-0.05, 0) is 68.1 Å². The first-order valence-corrected chi connectivity index (χ1v) is 12.4. The molecule has 0 aliphatic carbocycles. The molecule has 1 amide bonds. The summed E-state index contributed by atoms with van der Waals surface area (Å²) in [6.07, 6.45) is 3.48. The minimum atomic E-state index is -3.73. The zero-order chi connectivity index (χ0) is 21.5. The number of fused-ring (bicyclic) bond motifs is 1. The van der Waals surface area contributed by atoms with E-state index in [4.69, 9.17) is 4.74 Å². The van der Waals surface area contributed by atoms with Gasteiger partial charge in [0.25, 0.3) is 5.91 Å². The van der Waals surface area contributed by atoms with Crippen molar-refractivity contribution in [3.63, 3.8) is 0 Å². The van der Waals surface area contributed by atoms with E-state index in [1.165, 1.54) is 17.5 Å². The average molecular weight is 493 g/mol. The average Bonchev–Trinajstić information content (AvgIpc) is 3.08. The SMILES string of the molecule is COc1ccc(C(=O)N2c3ccc(Br)cc3CC2C)cc1S(=O)(=O)N1CCCCC1. The highest BCUT2D eigenvalue weighted by atomic mass is 79.9. The Balaban J connectivity index is 1.72. The molecule has 0 bridgehead atoms. The van der Waals surface area contributed by atoms with Crippen LogP contribution in [0.4, 0.5) is 5.69 Å². The number of nitrogens with zero attached hydrogens (tertiary/aromatic N) is 2. The molecular weight excluding hydrogens is 468 g/mol. The standard InChI is InChI=1S/C22H25BrN2O4S/c1-15-12-17-13-18(23)7-8-19(17)25(15)22(26)16-6-9-20(29-2)21(14-16)30(27,28)24-10-4-3-5-11-24/h6-9,13-15H,3-5,10-12H2,1-2H3. The van der Waals surface area contributed by atoms with Gasteiger partial charge in [0.2, 0.25) is 10.0 Å². The summed E-state index contributed by atoms with van der Waals surface area (Å²) in [5.41, 5.74) is 2.31. The molecule has 2 heterocycles. The highest BCUT2D eigenvalue weighted by Gasteiger charge is 2.34. The molecular formula is C22H25BrN2O4S. The van der Waals surface area contributed by atoms with E-state index < -0.39 is 10.0 Å². The minimum absolute atomic E-state index is 0.00828. The van der Waals surface area contributed by atoms with Crippen molar-refractivity contribution in [1.82, 2.24) is 4.31 Å². The van der Waals surface area contributed by atoms with E-state index in [0.29, 0.717) is 18.7 Å². The van der Waals surface area contributed by atoms with Gasteiger partial charge in [0.05, 0.1) is 7.11 Å². The van der Waals surface area contributed by atoms with Gasteiger partial charge in [0, 0.05) is 34.9 Å². The van der Waals surface area contributed by atoms with Crippen molar-refractivity contribution in [2.75, 3.05) is 25.1 Å². The van der Waals surface area contributed by atoms with E-state index in [0.717, 1.165) is 41.4 Å². The first-order chi connectivity index (χ1) is 14.3. The number of ether oxygens (including phenoxy) is 1. The van der Waals surface area contributed by atoms with E-state index in [-0.39, 0.29) is 22.6 Å². The Kier molecular flexibility index (Phi) is 5.92. The van der Waals surface area contributed by atoms with E-state index in [1.807, 2.05) is 25.1 Å². The maximum atomic E-state index is 13.4. The predicted octanol–water partition coefficient (Wildman–Crippen LogP) is 4.22. The van der Waals surface area contributed by atoms with Crippen LogP contribution in [0.2, 0.25) is 0 Å². The first kappa shape index (κ1) is 21.3. The Bertz CT molecular complexity index is 1080. The molecule has 2 aliphatic heterocycles. The Morgan fingerprint density at radius 1 is 1.10 bits per heavy atom. The fourth-order valence-electron chi connectivity index (χ4n) is 4.30. The number of piperidine rings is 1. The molecule has 2 aromatic carbocycles. The van der Waals surface area contributed by atoms with E-state index >= 15 is 0 Å². The fraction of sp³-hybridized carbons (Fsp3) is 0.409. The molecule has 1 unspecified atom stereocenters. The van der Waals surface area contributed by atoms with Gasteiger partial charge in [0.1, 0.15) is 10.6 Å². The molecule has 0 N–H and O–H groups in total.